The molecular formula is C19H18ClN3O3S2. The zero-order chi connectivity index (χ0) is 20.4. The van der Waals surface area contributed by atoms with E-state index in [2.05, 4.69) is 5.10 Å². The fourth-order valence-corrected chi connectivity index (χ4v) is 4.36. The van der Waals surface area contributed by atoms with E-state index in [0.29, 0.717) is 32.1 Å². The van der Waals surface area contributed by atoms with E-state index in [1.165, 1.54) is 16.7 Å². The molecule has 0 saturated carbocycles. The lowest BCUT2D eigenvalue weighted by Gasteiger charge is -2.13. The highest BCUT2D eigenvalue weighted by molar-refractivity contribution is 8.26. The number of carboxylic acids is 1. The molecule has 1 aliphatic heterocycles. The van der Waals surface area contributed by atoms with E-state index in [1.807, 2.05) is 38.1 Å². The van der Waals surface area contributed by atoms with Gasteiger partial charge in [-0.2, -0.15) is 5.10 Å². The minimum Gasteiger partial charge on any atom is -0.481 e. The van der Waals surface area contributed by atoms with Crippen LogP contribution in [-0.2, 0) is 9.59 Å². The summed E-state index contributed by atoms with van der Waals surface area (Å²) >= 11 is 13.0. The van der Waals surface area contributed by atoms with Crippen LogP contribution < -0.4 is 0 Å². The van der Waals surface area contributed by atoms with Gasteiger partial charge < -0.3 is 5.11 Å². The first kappa shape index (κ1) is 20.6. The van der Waals surface area contributed by atoms with Crippen LogP contribution in [0.4, 0.5) is 0 Å². The highest BCUT2D eigenvalue weighted by Crippen LogP contribution is 2.35. The summed E-state index contributed by atoms with van der Waals surface area (Å²) in [5.74, 6) is -1.13. The minimum atomic E-state index is -0.896. The van der Waals surface area contributed by atoms with Crippen LogP contribution in [-0.4, -0.2) is 42.5 Å². The molecule has 9 heteroatoms. The zero-order valence-electron chi connectivity index (χ0n) is 15.3. The maximum absolute atomic E-state index is 12.7. The van der Waals surface area contributed by atoms with Crippen LogP contribution in [0.3, 0.4) is 0 Å². The molecule has 6 nitrogen and oxygen atoms in total. The van der Waals surface area contributed by atoms with Gasteiger partial charge in [-0.25, -0.2) is 4.68 Å². The standard InChI is InChI=1S/C19H18ClN3O3S2/c1-11-5-7-13(8-6-11)23-17(20)14(12(2)21-23)10-15-18(26)22(19(27)28-15)9-3-4-16(24)25/h5-8,10H,3-4,9H2,1-2H3,(H,24,25). The summed E-state index contributed by atoms with van der Waals surface area (Å²) in [7, 11) is 0. The Balaban J connectivity index is 1.85. The van der Waals surface area contributed by atoms with Crippen molar-refractivity contribution < 1.29 is 14.7 Å². The number of hydrogen-bond donors (Lipinski definition) is 1. The lowest BCUT2D eigenvalue weighted by molar-refractivity contribution is -0.137. The highest BCUT2D eigenvalue weighted by Gasteiger charge is 2.32. The number of aryl methyl sites for hydroxylation is 2. The summed E-state index contributed by atoms with van der Waals surface area (Å²) in [6, 6.07) is 7.81. The second-order valence-corrected chi connectivity index (χ2v) is 8.40. The largest absolute Gasteiger partial charge is 0.481 e. The number of aliphatic carboxylic acids is 1. The number of aromatic nitrogens is 2. The topological polar surface area (TPSA) is 75.4 Å². The van der Waals surface area contributed by atoms with E-state index in [1.54, 1.807) is 10.8 Å². The van der Waals surface area contributed by atoms with Gasteiger partial charge in [-0.05, 0) is 38.5 Å². The Kier molecular flexibility index (Phi) is 6.22. The molecule has 1 aromatic heterocycles. The van der Waals surface area contributed by atoms with Crippen molar-refractivity contribution in [3.8, 4) is 5.69 Å². The first-order chi connectivity index (χ1) is 13.3. The van der Waals surface area contributed by atoms with E-state index in [0.717, 1.165) is 11.3 Å². The molecule has 2 aromatic rings. The van der Waals surface area contributed by atoms with Crippen LogP contribution >= 0.6 is 35.6 Å². The molecular weight excluding hydrogens is 418 g/mol. The maximum Gasteiger partial charge on any atom is 0.303 e. The molecule has 0 spiro atoms. The van der Waals surface area contributed by atoms with Crippen molar-refractivity contribution in [1.82, 2.24) is 14.7 Å². The number of nitrogens with zero attached hydrogens (tertiary/aromatic N) is 3. The summed E-state index contributed by atoms with van der Waals surface area (Å²) < 4.78 is 2.05. The van der Waals surface area contributed by atoms with Gasteiger partial charge in [0.05, 0.1) is 16.3 Å². The van der Waals surface area contributed by atoms with Crippen LogP contribution in [0, 0.1) is 13.8 Å². The number of carbonyl (C=O) groups is 2. The molecule has 1 saturated heterocycles. The van der Waals surface area contributed by atoms with Gasteiger partial charge in [-0.15, -0.1) is 0 Å². The molecule has 0 aliphatic carbocycles. The molecule has 0 unspecified atom stereocenters. The number of carboxylic acid groups (broad SMARTS) is 1. The van der Waals surface area contributed by atoms with Crippen molar-refractivity contribution in [2.75, 3.05) is 6.54 Å². The average molecular weight is 436 g/mol. The fourth-order valence-electron chi connectivity index (χ4n) is 2.74. The highest BCUT2D eigenvalue weighted by atomic mass is 35.5. The molecule has 0 atom stereocenters. The molecule has 0 bridgehead atoms. The third-order valence-corrected chi connectivity index (χ3v) is 5.99. The number of halogens is 1. The third kappa shape index (κ3) is 4.29. The first-order valence-corrected chi connectivity index (χ1v) is 10.2. The number of thiocarbonyl (C=S) groups is 1. The lowest BCUT2D eigenvalue weighted by Crippen LogP contribution is -2.29. The number of thioether (sulfide) groups is 1. The summed E-state index contributed by atoms with van der Waals surface area (Å²) in [4.78, 5) is 25.2. The van der Waals surface area contributed by atoms with Gasteiger partial charge >= 0.3 is 5.97 Å². The Labute approximate surface area is 177 Å². The van der Waals surface area contributed by atoms with Gasteiger partial charge in [0.1, 0.15) is 9.47 Å². The molecule has 28 heavy (non-hydrogen) atoms. The van der Waals surface area contributed by atoms with Gasteiger partial charge in [0.25, 0.3) is 5.91 Å². The Bertz CT molecular complexity index is 983. The molecule has 146 valence electrons. The molecule has 1 amide bonds. The van der Waals surface area contributed by atoms with Gasteiger partial charge in [0.15, 0.2) is 0 Å². The van der Waals surface area contributed by atoms with Gasteiger partial charge in [-0.1, -0.05) is 53.3 Å². The molecule has 2 heterocycles. The predicted octanol–water partition coefficient (Wildman–Crippen LogP) is 4.21. The number of rotatable bonds is 6. The molecule has 1 aliphatic rings. The summed E-state index contributed by atoms with van der Waals surface area (Å²) in [6.07, 6.45) is 2.04. The van der Waals surface area contributed by atoms with Crippen LogP contribution in [0.2, 0.25) is 5.15 Å². The van der Waals surface area contributed by atoms with Crippen LogP contribution in [0.25, 0.3) is 11.8 Å². The van der Waals surface area contributed by atoms with Gasteiger partial charge in [-0.3, -0.25) is 14.5 Å². The number of carbonyl (C=O) groups excluding carboxylic acids is 1. The number of hydrogen-bond acceptors (Lipinski definition) is 5. The molecule has 1 fully saturated rings. The smallest absolute Gasteiger partial charge is 0.303 e. The molecule has 1 aromatic carbocycles. The average Bonchev–Trinajstić information content (AvgIpc) is 3.07. The Morgan fingerprint density at radius 2 is 2.00 bits per heavy atom. The quantitative estimate of drug-likeness (QED) is 0.541. The molecule has 1 N–H and O–H groups in total. The van der Waals surface area contributed by atoms with Crippen LogP contribution in [0.15, 0.2) is 29.2 Å². The fraction of sp³-hybridized carbons (Fsp3) is 0.263. The Morgan fingerprint density at radius 3 is 2.64 bits per heavy atom. The van der Waals surface area contributed by atoms with E-state index in [4.69, 9.17) is 28.9 Å². The minimum absolute atomic E-state index is 0.00956. The van der Waals surface area contributed by atoms with Crippen molar-refractivity contribution in [3.63, 3.8) is 0 Å². The zero-order valence-corrected chi connectivity index (χ0v) is 17.7. The monoisotopic (exact) mass is 435 g/mol. The van der Waals surface area contributed by atoms with Crippen molar-refractivity contribution >= 4 is 57.9 Å². The van der Waals surface area contributed by atoms with Crippen molar-refractivity contribution in [3.05, 3.63) is 51.1 Å². The Hall–Kier alpha value is -2.16. The van der Waals surface area contributed by atoms with Crippen LogP contribution in [0.5, 0.6) is 0 Å². The second kappa shape index (κ2) is 8.46. The molecule has 0 radical (unpaired) electrons. The second-order valence-electron chi connectivity index (χ2n) is 6.37. The predicted molar refractivity (Wildman–Crippen MR) is 115 cm³/mol. The Morgan fingerprint density at radius 1 is 1.32 bits per heavy atom. The third-order valence-electron chi connectivity index (χ3n) is 4.25. The van der Waals surface area contributed by atoms with Crippen LogP contribution in [0.1, 0.15) is 29.7 Å². The van der Waals surface area contributed by atoms with E-state index in [-0.39, 0.29) is 18.9 Å². The summed E-state index contributed by atoms with van der Waals surface area (Å²) in [6.45, 7) is 4.11. The van der Waals surface area contributed by atoms with E-state index < -0.39 is 5.97 Å². The van der Waals surface area contributed by atoms with Crippen molar-refractivity contribution in [2.24, 2.45) is 0 Å². The van der Waals surface area contributed by atoms with Gasteiger partial charge in [0, 0.05) is 18.5 Å². The maximum atomic E-state index is 12.7. The van der Waals surface area contributed by atoms with E-state index >= 15 is 0 Å². The first-order valence-electron chi connectivity index (χ1n) is 8.57. The van der Waals surface area contributed by atoms with E-state index in [9.17, 15) is 9.59 Å². The van der Waals surface area contributed by atoms with Crippen molar-refractivity contribution in [1.29, 1.82) is 0 Å². The summed E-state index contributed by atoms with van der Waals surface area (Å²) in [5.41, 5.74) is 3.32. The number of amides is 1. The molecule has 3 rings (SSSR count). The number of benzene rings is 1. The lowest BCUT2D eigenvalue weighted by atomic mass is 10.2. The van der Waals surface area contributed by atoms with Gasteiger partial charge in [0.2, 0.25) is 0 Å². The van der Waals surface area contributed by atoms with Crippen molar-refractivity contribution in [2.45, 2.75) is 26.7 Å². The SMILES string of the molecule is Cc1ccc(-n2nc(C)c(C=C3SC(=S)N(CCCC(=O)O)C3=O)c2Cl)cc1. The normalized spacial score (nSPS) is 15.7. The summed E-state index contributed by atoms with van der Waals surface area (Å²) in [5, 5.41) is 13.7.